The highest BCUT2D eigenvalue weighted by Crippen LogP contribution is 2.13. The van der Waals surface area contributed by atoms with Crippen LogP contribution in [0.15, 0.2) is 30.6 Å². The number of carbonyl (C=O) groups excluding carboxylic acids is 2. The minimum atomic E-state index is -0.850. The Balaban J connectivity index is 2.04. The monoisotopic (exact) mass is 345 g/mol. The maximum atomic E-state index is 12.5. The zero-order chi connectivity index (χ0) is 18.6. The number of ether oxygens (including phenoxy) is 1. The summed E-state index contributed by atoms with van der Waals surface area (Å²) in [5, 5.41) is 10.9. The van der Waals surface area contributed by atoms with Crippen molar-refractivity contribution in [2.45, 2.75) is 52.8 Å². The van der Waals surface area contributed by atoms with Crippen LogP contribution in [0.2, 0.25) is 0 Å². The number of esters is 1. The maximum absolute atomic E-state index is 12.5. The summed E-state index contributed by atoms with van der Waals surface area (Å²) in [6, 6.07) is 6.69. The van der Waals surface area contributed by atoms with Gasteiger partial charge in [-0.15, -0.1) is 5.10 Å². The van der Waals surface area contributed by atoms with E-state index in [1.54, 1.807) is 36.1 Å². The summed E-state index contributed by atoms with van der Waals surface area (Å²) in [6.07, 6.45) is 0.608. The molecule has 1 aromatic heterocycles. The molecule has 1 amide bonds. The van der Waals surface area contributed by atoms with Crippen LogP contribution in [-0.4, -0.2) is 55.2 Å². The van der Waals surface area contributed by atoms with E-state index in [1.165, 1.54) is 11.0 Å². The van der Waals surface area contributed by atoms with Crippen LogP contribution in [0.3, 0.4) is 0 Å². The number of hydrogen-bond acceptors (Lipinski definition) is 6. The van der Waals surface area contributed by atoms with E-state index >= 15 is 0 Å². The first-order valence-corrected chi connectivity index (χ1v) is 8.17. The average molecular weight is 345 g/mol. The van der Waals surface area contributed by atoms with Gasteiger partial charge in [0.05, 0.1) is 11.3 Å². The fraction of sp³-hybridized carbons (Fsp3) is 0.471. The van der Waals surface area contributed by atoms with Gasteiger partial charge in [-0.1, -0.05) is 0 Å². The minimum absolute atomic E-state index is 0.0317. The molecule has 2 rings (SSSR count). The van der Waals surface area contributed by atoms with Gasteiger partial charge in [0.15, 0.2) is 6.10 Å². The third-order valence-corrected chi connectivity index (χ3v) is 3.72. The van der Waals surface area contributed by atoms with Gasteiger partial charge in [-0.25, -0.2) is 9.48 Å². The van der Waals surface area contributed by atoms with Gasteiger partial charge in [-0.2, -0.15) is 0 Å². The molecule has 0 aliphatic carbocycles. The first-order chi connectivity index (χ1) is 11.8. The summed E-state index contributed by atoms with van der Waals surface area (Å²) in [5.41, 5.74) is 1.08. The van der Waals surface area contributed by atoms with Crippen LogP contribution in [0.5, 0.6) is 0 Å². The minimum Gasteiger partial charge on any atom is -0.449 e. The van der Waals surface area contributed by atoms with Crippen molar-refractivity contribution in [3.63, 3.8) is 0 Å². The Morgan fingerprint density at radius 3 is 2.12 bits per heavy atom. The Kier molecular flexibility index (Phi) is 5.84. The van der Waals surface area contributed by atoms with Gasteiger partial charge in [0, 0.05) is 12.1 Å². The lowest BCUT2D eigenvalue weighted by Crippen LogP contribution is -2.47. The van der Waals surface area contributed by atoms with Gasteiger partial charge >= 0.3 is 5.97 Å². The van der Waals surface area contributed by atoms with Crippen molar-refractivity contribution in [1.29, 1.82) is 0 Å². The van der Waals surface area contributed by atoms with Crippen LogP contribution >= 0.6 is 0 Å². The average Bonchev–Trinajstić information content (AvgIpc) is 3.08. The molecular formula is C17H23N5O3. The molecule has 0 saturated carbocycles. The van der Waals surface area contributed by atoms with E-state index in [9.17, 15) is 9.59 Å². The molecule has 8 heteroatoms. The van der Waals surface area contributed by atoms with E-state index in [4.69, 9.17) is 4.74 Å². The first kappa shape index (κ1) is 18.6. The molecule has 25 heavy (non-hydrogen) atoms. The first-order valence-electron chi connectivity index (χ1n) is 8.17. The van der Waals surface area contributed by atoms with E-state index in [0.717, 1.165) is 5.69 Å². The molecule has 134 valence electrons. The van der Waals surface area contributed by atoms with Gasteiger partial charge < -0.3 is 9.64 Å². The second-order valence-corrected chi connectivity index (χ2v) is 6.28. The van der Waals surface area contributed by atoms with Gasteiger partial charge in [0.2, 0.25) is 0 Å². The molecule has 0 bridgehead atoms. The molecule has 1 aromatic carbocycles. The molecule has 0 spiro atoms. The number of tetrazole rings is 1. The highest BCUT2D eigenvalue weighted by Gasteiger charge is 2.27. The number of hydrogen-bond donors (Lipinski definition) is 0. The van der Waals surface area contributed by atoms with Crippen LogP contribution < -0.4 is 0 Å². The molecule has 8 nitrogen and oxygen atoms in total. The summed E-state index contributed by atoms with van der Waals surface area (Å²) >= 11 is 0. The zero-order valence-corrected chi connectivity index (χ0v) is 15.1. The Labute approximate surface area is 146 Å². The van der Waals surface area contributed by atoms with Crippen molar-refractivity contribution in [2.24, 2.45) is 0 Å². The van der Waals surface area contributed by atoms with E-state index in [2.05, 4.69) is 15.5 Å². The summed E-state index contributed by atoms with van der Waals surface area (Å²) < 4.78 is 6.81. The van der Waals surface area contributed by atoms with E-state index < -0.39 is 12.1 Å². The van der Waals surface area contributed by atoms with Gasteiger partial charge in [0.25, 0.3) is 5.91 Å². The Hall–Kier alpha value is -2.77. The Bertz CT molecular complexity index is 702. The fourth-order valence-corrected chi connectivity index (χ4v) is 2.62. The van der Waals surface area contributed by atoms with E-state index in [-0.39, 0.29) is 18.0 Å². The van der Waals surface area contributed by atoms with Crippen LogP contribution in [0, 0.1) is 0 Å². The molecule has 0 aliphatic rings. The molecule has 1 atom stereocenters. The molecule has 0 N–H and O–H groups in total. The van der Waals surface area contributed by atoms with E-state index in [0.29, 0.717) is 5.56 Å². The summed E-state index contributed by atoms with van der Waals surface area (Å²) in [4.78, 5) is 26.5. The van der Waals surface area contributed by atoms with Crippen molar-refractivity contribution in [1.82, 2.24) is 25.1 Å². The van der Waals surface area contributed by atoms with Crippen molar-refractivity contribution < 1.29 is 14.3 Å². The number of amides is 1. The third kappa shape index (κ3) is 4.40. The number of carbonyl (C=O) groups is 2. The number of rotatable bonds is 6. The lowest BCUT2D eigenvalue weighted by molar-refractivity contribution is -0.143. The summed E-state index contributed by atoms with van der Waals surface area (Å²) in [7, 11) is 0. The predicted molar refractivity (Wildman–Crippen MR) is 91.1 cm³/mol. The van der Waals surface area contributed by atoms with Crippen molar-refractivity contribution in [3.8, 4) is 5.69 Å². The van der Waals surface area contributed by atoms with E-state index in [1.807, 2.05) is 27.7 Å². The van der Waals surface area contributed by atoms with Gasteiger partial charge in [-0.3, -0.25) is 4.79 Å². The lowest BCUT2D eigenvalue weighted by atomic mass is 10.2. The molecule has 0 radical (unpaired) electrons. The number of aromatic nitrogens is 4. The van der Waals surface area contributed by atoms with Crippen molar-refractivity contribution in [3.05, 3.63) is 36.2 Å². The third-order valence-electron chi connectivity index (χ3n) is 3.72. The molecule has 2 aromatic rings. The Morgan fingerprint density at radius 1 is 1.04 bits per heavy atom. The fourth-order valence-electron chi connectivity index (χ4n) is 2.62. The summed E-state index contributed by atoms with van der Waals surface area (Å²) in [6.45, 7) is 9.33. The largest absolute Gasteiger partial charge is 0.449 e. The summed E-state index contributed by atoms with van der Waals surface area (Å²) in [5.74, 6) is -0.750. The predicted octanol–water partition coefficient (Wildman–Crippen LogP) is 1.85. The van der Waals surface area contributed by atoms with Crippen LogP contribution in [-0.2, 0) is 9.53 Å². The number of nitrogens with zero attached hydrogens (tertiary/aromatic N) is 5. The quantitative estimate of drug-likeness (QED) is 0.742. The smallest absolute Gasteiger partial charge is 0.338 e. The van der Waals surface area contributed by atoms with Crippen LogP contribution in [0.1, 0.15) is 45.0 Å². The second kappa shape index (κ2) is 7.87. The maximum Gasteiger partial charge on any atom is 0.338 e. The number of benzene rings is 1. The topological polar surface area (TPSA) is 90.2 Å². The molecule has 0 aliphatic heterocycles. The molecular weight excluding hydrogens is 322 g/mol. The van der Waals surface area contributed by atoms with Crippen LogP contribution in [0.4, 0.5) is 0 Å². The second-order valence-electron chi connectivity index (χ2n) is 6.28. The van der Waals surface area contributed by atoms with Crippen molar-refractivity contribution >= 4 is 11.9 Å². The Morgan fingerprint density at radius 2 is 1.64 bits per heavy atom. The van der Waals surface area contributed by atoms with Crippen LogP contribution in [0.25, 0.3) is 5.69 Å². The molecule has 0 fully saturated rings. The lowest BCUT2D eigenvalue weighted by Gasteiger charge is -2.32. The molecule has 1 heterocycles. The zero-order valence-electron chi connectivity index (χ0n) is 15.1. The SMILES string of the molecule is CC(C)N(C(=O)[C@@H](C)OC(=O)c1ccc(-n2cnnn2)cc1)C(C)C. The van der Waals surface area contributed by atoms with Crippen molar-refractivity contribution in [2.75, 3.05) is 0 Å². The van der Waals surface area contributed by atoms with Gasteiger partial charge in [0.1, 0.15) is 6.33 Å². The highest BCUT2D eigenvalue weighted by atomic mass is 16.5. The standard InChI is InChI=1S/C17H23N5O3/c1-11(2)22(12(3)4)16(23)13(5)25-17(24)14-6-8-15(9-7-14)21-10-18-19-20-21/h6-13H,1-5H3/t13-/m1/s1. The molecule has 0 unspecified atom stereocenters. The van der Waals surface area contributed by atoms with Gasteiger partial charge in [-0.05, 0) is 69.3 Å². The highest BCUT2D eigenvalue weighted by molar-refractivity contribution is 5.92. The molecule has 0 saturated heterocycles. The normalized spacial score (nSPS) is 12.3.